The van der Waals surface area contributed by atoms with Gasteiger partial charge in [-0.25, -0.2) is 4.98 Å². The van der Waals surface area contributed by atoms with Gasteiger partial charge < -0.3 is 10.0 Å². The molecule has 2 aromatic heterocycles. The van der Waals surface area contributed by atoms with E-state index in [1.807, 2.05) is 13.0 Å². The molecular weight excluding hydrogens is 284 g/mol. The second kappa shape index (κ2) is 4.74. The summed E-state index contributed by atoms with van der Waals surface area (Å²) in [5.74, 6) is -0.125. The molecule has 1 aliphatic heterocycles. The summed E-state index contributed by atoms with van der Waals surface area (Å²) in [6, 6.07) is 3.72. The number of pyridine rings is 1. The molecule has 100 valence electrons. The molecule has 2 aromatic rings. The minimum absolute atomic E-state index is 0.125. The number of nitrogens with zero attached hydrogens (tertiary/aromatic N) is 2. The predicted molar refractivity (Wildman–Crippen MR) is 75.9 cm³/mol. The number of halogens is 1. The monoisotopic (exact) mass is 296 g/mol. The number of carbonyl (C=O) groups is 1. The summed E-state index contributed by atoms with van der Waals surface area (Å²) in [6.07, 6.45) is 0.209. The van der Waals surface area contributed by atoms with Gasteiger partial charge in [-0.2, -0.15) is 0 Å². The highest BCUT2D eigenvalue weighted by Gasteiger charge is 2.27. The summed E-state index contributed by atoms with van der Waals surface area (Å²) in [5, 5.41) is 10.3. The Morgan fingerprint density at radius 3 is 3.05 bits per heavy atom. The average Bonchev–Trinajstić information content (AvgIpc) is 2.92. The number of fused-ring (bicyclic) bond motifs is 1. The number of hydrogen-bond donors (Lipinski definition) is 1. The van der Waals surface area contributed by atoms with Crippen molar-refractivity contribution in [2.24, 2.45) is 0 Å². The zero-order valence-corrected chi connectivity index (χ0v) is 12.0. The van der Waals surface area contributed by atoms with Gasteiger partial charge in [0.1, 0.15) is 5.69 Å². The molecule has 0 unspecified atom stereocenters. The summed E-state index contributed by atoms with van der Waals surface area (Å²) >= 11 is 7.47. The molecule has 0 spiro atoms. The van der Waals surface area contributed by atoms with Gasteiger partial charge in [0.05, 0.1) is 10.4 Å². The lowest BCUT2D eigenvalue weighted by Gasteiger charge is -2.15. The Bertz CT molecular complexity index is 655. The molecule has 1 fully saturated rings. The first-order valence-electron chi connectivity index (χ1n) is 6.08. The van der Waals surface area contributed by atoms with Gasteiger partial charge in [-0.3, -0.25) is 4.79 Å². The van der Waals surface area contributed by atoms with Crippen LogP contribution in [0.25, 0.3) is 10.1 Å². The Balaban J connectivity index is 2.06. The van der Waals surface area contributed by atoms with E-state index in [9.17, 15) is 9.90 Å². The van der Waals surface area contributed by atoms with E-state index < -0.39 is 6.10 Å². The molecule has 1 amide bonds. The fourth-order valence-electron chi connectivity index (χ4n) is 2.36. The van der Waals surface area contributed by atoms with E-state index in [0.29, 0.717) is 29.5 Å². The van der Waals surface area contributed by atoms with Crippen LogP contribution >= 0.6 is 22.9 Å². The van der Waals surface area contributed by atoms with Crippen molar-refractivity contribution < 1.29 is 9.90 Å². The Labute approximate surface area is 119 Å². The number of thiophene rings is 1. The Kier molecular flexibility index (Phi) is 3.20. The number of rotatable bonds is 1. The third-order valence-electron chi connectivity index (χ3n) is 3.27. The number of aliphatic hydroxyl groups is 1. The number of carbonyl (C=O) groups excluding carboxylic acids is 1. The van der Waals surface area contributed by atoms with Gasteiger partial charge in [0.25, 0.3) is 5.91 Å². The lowest BCUT2D eigenvalue weighted by molar-refractivity contribution is 0.0761. The first-order valence-corrected chi connectivity index (χ1v) is 7.28. The van der Waals surface area contributed by atoms with Gasteiger partial charge in [0, 0.05) is 28.9 Å². The highest BCUT2D eigenvalue weighted by atomic mass is 35.5. The molecule has 6 heteroatoms. The second-order valence-electron chi connectivity index (χ2n) is 4.77. The third kappa shape index (κ3) is 2.33. The topological polar surface area (TPSA) is 53.4 Å². The van der Waals surface area contributed by atoms with Crippen LogP contribution in [0.4, 0.5) is 0 Å². The van der Waals surface area contributed by atoms with Crippen molar-refractivity contribution in [1.82, 2.24) is 9.88 Å². The van der Waals surface area contributed by atoms with Gasteiger partial charge in [-0.15, -0.1) is 11.3 Å². The van der Waals surface area contributed by atoms with Gasteiger partial charge >= 0.3 is 0 Å². The molecule has 0 radical (unpaired) electrons. The fourth-order valence-corrected chi connectivity index (χ4v) is 3.60. The first kappa shape index (κ1) is 12.8. The smallest absolute Gasteiger partial charge is 0.273 e. The maximum atomic E-state index is 12.5. The van der Waals surface area contributed by atoms with Crippen LogP contribution in [-0.2, 0) is 0 Å². The quantitative estimate of drug-likeness (QED) is 0.879. The minimum atomic E-state index is -0.421. The molecule has 1 aliphatic rings. The third-order valence-corrected chi connectivity index (χ3v) is 4.48. The van der Waals surface area contributed by atoms with Crippen molar-refractivity contribution in [3.8, 4) is 0 Å². The first-order chi connectivity index (χ1) is 9.04. The van der Waals surface area contributed by atoms with Crippen LogP contribution in [0.15, 0.2) is 12.1 Å². The standard InChI is InChI=1S/C13H13ClN2O2S/c1-7-4-10-9(5-11(14)19-10)12(15-7)13(18)16-3-2-8(17)6-16/h4-5,8,17H,2-3,6H2,1H3/t8-/m1/s1. The maximum Gasteiger partial charge on any atom is 0.273 e. The predicted octanol–water partition coefficient (Wildman–Crippen LogP) is 2.46. The minimum Gasteiger partial charge on any atom is -0.391 e. The fraction of sp³-hybridized carbons (Fsp3) is 0.385. The number of likely N-dealkylation sites (tertiary alicyclic amines) is 1. The number of aryl methyl sites for hydroxylation is 1. The van der Waals surface area contributed by atoms with Crippen LogP contribution in [-0.4, -0.2) is 40.1 Å². The lowest BCUT2D eigenvalue weighted by atomic mass is 10.2. The van der Waals surface area contributed by atoms with Crippen LogP contribution < -0.4 is 0 Å². The summed E-state index contributed by atoms with van der Waals surface area (Å²) in [6.45, 7) is 2.82. The second-order valence-corrected chi connectivity index (χ2v) is 6.48. The average molecular weight is 297 g/mol. The number of aromatic nitrogens is 1. The van der Waals surface area contributed by atoms with E-state index in [4.69, 9.17) is 11.6 Å². The van der Waals surface area contributed by atoms with Crippen LogP contribution in [0.2, 0.25) is 4.34 Å². The van der Waals surface area contributed by atoms with Gasteiger partial charge in [0.2, 0.25) is 0 Å². The molecule has 1 atom stereocenters. The molecule has 4 nitrogen and oxygen atoms in total. The molecule has 0 aromatic carbocycles. The highest BCUT2D eigenvalue weighted by Crippen LogP contribution is 2.32. The van der Waals surface area contributed by atoms with Gasteiger partial charge in [0.15, 0.2) is 0 Å². The van der Waals surface area contributed by atoms with Crippen molar-refractivity contribution in [1.29, 1.82) is 0 Å². The van der Waals surface area contributed by atoms with Gasteiger partial charge in [-0.1, -0.05) is 11.6 Å². The summed E-state index contributed by atoms with van der Waals surface area (Å²) in [5.41, 5.74) is 1.24. The van der Waals surface area contributed by atoms with E-state index in [1.54, 1.807) is 11.0 Å². The van der Waals surface area contributed by atoms with Gasteiger partial charge in [-0.05, 0) is 25.5 Å². The van der Waals surface area contributed by atoms with E-state index in [2.05, 4.69) is 4.98 Å². The molecule has 3 rings (SSSR count). The SMILES string of the molecule is Cc1cc2sc(Cl)cc2c(C(=O)N2CC[C@@H](O)C2)n1. The van der Waals surface area contributed by atoms with Crippen LogP contribution in [0.1, 0.15) is 22.6 Å². The normalized spacial score (nSPS) is 19.3. The van der Waals surface area contributed by atoms with E-state index >= 15 is 0 Å². The van der Waals surface area contributed by atoms with E-state index in [-0.39, 0.29) is 5.91 Å². The number of amides is 1. The van der Waals surface area contributed by atoms with Crippen LogP contribution in [0, 0.1) is 6.92 Å². The zero-order chi connectivity index (χ0) is 13.6. The van der Waals surface area contributed by atoms with E-state index in [1.165, 1.54) is 11.3 Å². The molecule has 0 aliphatic carbocycles. The molecule has 0 bridgehead atoms. The van der Waals surface area contributed by atoms with Crippen LogP contribution in [0.5, 0.6) is 0 Å². The number of aliphatic hydroxyl groups excluding tert-OH is 1. The molecule has 1 saturated heterocycles. The molecular formula is C13H13ClN2O2S. The van der Waals surface area contributed by atoms with Crippen LogP contribution in [0.3, 0.4) is 0 Å². The van der Waals surface area contributed by atoms with Crippen molar-refractivity contribution >= 4 is 38.9 Å². The maximum absolute atomic E-state index is 12.5. The largest absolute Gasteiger partial charge is 0.391 e. The van der Waals surface area contributed by atoms with E-state index in [0.717, 1.165) is 15.8 Å². The Morgan fingerprint density at radius 2 is 2.37 bits per heavy atom. The lowest BCUT2D eigenvalue weighted by Crippen LogP contribution is -2.30. The highest BCUT2D eigenvalue weighted by molar-refractivity contribution is 7.22. The summed E-state index contributed by atoms with van der Waals surface area (Å²) in [7, 11) is 0. The zero-order valence-electron chi connectivity index (χ0n) is 10.4. The number of β-amino-alcohol motifs (C(OH)–C–C–N with tert-alkyl or cyclic N) is 1. The number of hydrogen-bond acceptors (Lipinski definition) is 4. The molecule has 1 N–H and O–H groups in total. The molecule has 3 heterocycles. The van der Waals surface area contributed by atoms with Crippen molar-refractivity contribution in [2.75, 3.05) is 13.1 Å². The van der Waals surface area contributed by atoms with Crippen molar-refractivity contribution in [2.45, 2.75) is 19.4 Å². The summed E-state index contributed by atoms with van der Waals surface area (Å²) in [4.78, 5) is 18.5. The van der Waals surface area contributed by atoms with Crippen molar-refractivity contribution in [3.05, 3.63) is 27.9 Å². The van der Waals surface area contributed by atoms with Crippen molar-refractivity contribution in [3.63, 3.8) is 0 Å². The molecule has 0 saturated carbocycles. The summed E-state index contributed by atoms with van der Waals surface area (Å²) < 4.78 is 1.62. The molecule has 19 heavy (non-hydrogen) atoms. The Hall–Kier alpha value is -1.17. The Morgan fingerprint density at radius 1 is 1.58 bits per heavy atom.